The number of carbonyl (C=O) groups is 5. The summed E-state index contributed by atoms with van der Waals surface area (Å²) in [6, 6.07) is 28.6. The molecule has 18 heteroatoms. The fourth-order valence-corrected chi connectivity index (χ4v) is 9.24. The number of nitrogens with zero attached hydrogens (tertiary/aromatic N) is 2. The second-order valence-electron chi connectivity index (χ2n) is 16.7. The number of aromatic carboxylic acids is 3. The van der Waals surface area contributed by atoms with Crippen molar-refractivity contribution in [1.82, 2.24) is 10.6 Å². The van der Waals surface area contributed by atoms with Gasteiger partial charge in [0.2, 0.25) is 0 Å². The van der Waals surface area contributed by atoms with Crippen LogP contribution in [-0.4, -0.2) is 71.3 Å². The fraction of sp³-hybridized carbons (Fsp3) is 0.0926. The maximum atomic E-state index is 13.8. The molecule has 0 radical (unpaired) electrons. The molecule has 4 aliphatic rings. The zero-order valence-corrected chi connectivity index (χ0v) is 39.6. The molecule has 0 saturated heterocycles. The second kappa shape index (κ2) is 19.1. The van der Waals surface area contributed by atoms with E-state index >= 15 is 0 Å². The standard InChI is InChI=1S/C54H38Cl2N4O12/c1-57-28-9-13-33-41(19-28)71-42-20-29(60(2)3)10-14-34(42)45(33)46-39(55)22-37(48(56)47(46)54(69)70)51(64)58-23-25-4-6-26(7-5-25)50(63)59-24-38-40(62)17-16-35-44(32-15-11-30(61)21-43(32)72-49(35)38)31-12-8-27(52(65)66)18-36(31)53(67)68/h4-22,62H,23-24H2,1-3H3,(H,58,64)(H,59,63)(H,65,66)(H,67,68)(H,69,70). The van der Waals surface area contributed by atoms with Crippen molar-refractivity contribution in [2.24, 2.45) is 4.99 Å². The Kier molecular flexibility index (Phi) is 12.7. The number of carboxylic acids is 3. The Balaban J connectivity index is 0.969. The Bertz CT molecular complexity index is 3840. The van der Waals surface area contributed by atoms with E-state index in [1.807, 2.05) is 31.1 Å². The van der Waals surface area contributed by atoms with Crippen LogP contribution < -0.4 is 26.3 Å². The summed E-state index contributed by atoms with van der Waals surface area (Å²) < 4.78 is 12.5. The maximum absolute atomic E-state index is 13.8. The third kappa shape index (κ3) is 8.80. The van der Waals surface area contributed by atoms with E-state index in [0.717, 1.165) is 11.8 Å². The molecule has 16 nitrogen and oxygen atoms in total. The van der Waals surface area contributed by atoms with Gasteiger partial charge in [0, 0.05) is 95.7 Å². The van der Waals surface area contributed by atoms with E-state index in [9.17, 15) is 49.2 Å². The number of benzene rings is 7. The molecule has 0 saturated carbocycles. The molecule has 72 heavy (non-hydrogen) atoms. The van der Waals surface area contributed by atoms with Crippen LogP contribution in [0, 0.1) is 0 Å². The molecular formula is C54H38Cl2N4O12. The van der Waals surface area contributed by atoms with E-state index in [1.54, 1.807) is 43.4 Å². The second-order valence-corrected chi connectivity index (χ2v) is 17.5. The number of phenolic OH excluding ortho intramolecular Hbond substituents is 1. The Morgan fingerprint density at radius 1 is 0.625 bits per heavy atom. The van der Waals surface area contributed by atoms with Crippen LogP contribution in [0.25, 0.3) is 66.8 Å². The van der Waals surface area contributed by atoms with Crippen molar-refractivity contribution in [2.45, 2.75) is 13.1 Å². The predicted molar refractivity (Wildman–Crippen MR) is 270 cm³/mol. The molecule has 2 aliphatic heterocycles. The first-order valence-electron chi connectivity index (χ1n) is 21.8. The van der Waals surface area contributed by atoms with Gasteiger partial charge in [0.1, 0.15) is 28.4 Å². The molecule has 5 aromatic carbocycles. The van der Waals surface area contributed by atoms with Crippen LogP contribution in [0.2, 0.25) is 10.0 Å². The zero-order chi connectivity index (χ0) is 51.3. The van der Waals surface area contributed by atoms with Gasteiger partial charge >= 0.3 is 17.9 Å². The molecular weight excluding hydrogens is 968 g/mol. The number of anilines is 1. The van der Waals surface area contributed by atoms with E-state index in [4.69, 9.17) is 32.0 Å². The van der Waals surface area contributed by atoms with Crippen molar-refractivity contribution in [3.05, 3.63) is 180 Å². The fourth-order valence-electron chi connectivity index (χ4n) is 8.63. The molecule has 2 amide bonds. The van der Waals surface area contributed by atoms with Crippen molar-refractivity contribution in [1.29, 1.82) is 0 Å². The lowest BCUT2D eigenvalue weighted by Crippen LogP contribution is -2.24. The molecule has 5 aromatic rings. The first-order chi connectivity index (χ1) is 34.4. The quantitative estimate of drug-likeness (QED) is 0.0625. The molecule has 0 fully saturated rings. The van der Waals surface area contributed by atoms with Crippen LogP contribution in [-0.2, 0) is 13.1 Å². The highest BCUT2D eigenvalue weighted by Gasteiger charge is 2.30. The summed E-state index contributed by atoms with van der Waals surface area (Å²) in [4.78, 5) is 83.3. The lowest BCUT2D eigenvalue weighted by molar-refractivity contribution is 0.0682. The number of hydrogen-bond donors (Lipinski definition) is 6. The van der Waals surface area contributed by atoms with Crippen molar-refractivity contribution >= 4 is 80.6 Å². The number of carbonyl (C=O) groups excluding carboxylic acids is 2. The number of halogens is 2. The van der Waals surface area contributed by atoms with E-state index in [2.05, 4.69) is 15.6 Å². The highest BCUT2D eigenvalue weighted by molar-refractivity contribution is 6.41. The number of amides is 2. The lowest BCUT2D eigenvalue weighted by atomic mass is 9.89. The van der Waals surface area contributed by atoms with E-state index in [0.29, 0.717) is 49.7 Å². The minimum absolute atomic E-state index is 0.0264. The Morgan fingerprint density at radius 3 is 1.99 bits per heavy atom. The van der Waals surface area contributed by atoms with Gasteiger partial charge < -0.3 is 44.8 Å². The molecule has 0 spiro atoms. The van der Waals surface area contributed by atoms with Crippen LogP contribution in [0.3, 0.4) is 0 Å². The Labute approximate surface area is 417 Å². The largest absolute Gasteiger partial charge is 0.507 e. The Morgan fingerprint density at radius 2 is 1.29 bits per heavy atom. The van der Waals surface area contributed by atoms with E-state index in [1.165, 1.54) is 60.7 Å². The number of aromatic hydroxyl groups is 1. The number of carboxylic acid groups (broad SMARTS) is 3. The van der Waals surface area contributed by atoms with Gasteiger partial charge in [-0.25, -0.2) is 14.4 Å². The van der Waals surface area contributed by atoms with Crippen LogP contribution >= 0.6 is 23.2 Å². The zero-order valence-electron chi connectivity index (χ0n) is 38.1. The van der Waals surface area contributed by atoms with Crippen molar-refractivity contribution < 1.29 is 53.2 Å². The SMILES string of the molecule is CN=c1ccc2c(-c3c(Cl)cc(C(=O)NCc4ccc(C(=O)NCc5c(O)ccc6c(-c7ccc(C(=O)O)cc7C(=O)O)c7ccc(=O)cc-7oc56)cc4)c(Cl)c3C(=O)O)c3ccc(N(C)C)cc3oc-2c1. The summed E-state index contributed by atoms with van der Waals surface area (Å²) in [6.45, 7) is -0.363. The van der Waals surface area contributed by atoms with Crippen molar-refractivity contribution in [3.8, 4) is 50.7 Å². The van der Waals surface area contributed by atoms with E-state index in [-0.39, 0.29) is 84.7 Å². The molecule has 6 N–H and O–H groups in total. The summed E-state index contributed by atoms with van der Waals surface area (Å²) in [5.41, 5.74) is 2.34. The average Bonchev–Trinajstić information content (AvgIpc) is 3.36. The first-order valence-corrected chi connectivity index (χ1v) is 22.5. The van der Waals surface area contributed by atoms with Gasteiger partial charge in [0.05, 0.1) is 49.8 Å². The third-order valence-corrected chi connectivity index (χ3v) is 12.9. The number of hydrogen-bond acceptors (Lipinski definition) is 11. The smallest absolute Gasteiger partial charge is 0.337 e. The van der Waals surface area contributed by atoms with Gasteiger partial charge in [-0.05, 0) is 90.0 Å². The lowest BCUT2D eigenvalue weighted by Gasteiger charge is -2.21. The van der Waals surface area contributed by atoms with Gasteiger partial charge in [-0.2, -0.15) is 0 Å². The molecule has 2 heterocycles. The number of phenols is 1. The van der Waals surface area contributed by atoms with Gasteiger partial charge in [-0.1, -0.05) is 41.4 Å². The molecule has 9 rings (SSSR count). The van der Waals surface area contributed by atoms with Gasteiger partial charge in [-0.15, -0.1) is 0 Å². The van der Waals surface area contributed by atoms with Crippen molar-refractivity contribution in [3.63, 3.8) is 0 Å². The topological polar surface area (TPSA) is 249 Å². The molecule has 0 unspecified atom stereocenters. The van der Waals surface area contributed by atoms with Crippen LogP contribution in [0.15, 0.2) is 134 Å². The highest BCUT2D eigenvalue weighted by atomic mass is 35.5. The van der Waals surface area contributed by atoms with Gasteiger partial charge in [0.15, 0.2) is 5.43 Å². The number of nitrogens with one attached hydrogen (secondary N) is 2. The molecule has 0 bridgehead atoms. The first kappa shape index (κ1) is 48.1. The number of fused-ring (bicyclic) bond motifs is 4. The third-order valence-electron chi connectivity index (χ3n) is 12.2. The normalized spacial score (nSPS) is 11.6. The predicted octanol–water partition coefficient (Wildman–Crippen LogP) is 9.65. The van der Waals surface area contributed by atoms with Crippen LogP contribution in [0.1, 0.15) is 62.9 Å². The van der Waals surface area contributed by atoms with Crippen LogP contribution in [0.4, 0.5) is 5.69 Å². The maximum Gasteiger partial charge on any atom is 0.337 e. The molecule has 360 valence electrons. The van der Waals surface area contributed by atoms with Crippen molar-refractivity contribution in [2.75, 3.05) is 26.0 Å². The number of rotatable bonds is 12. The van der Waals surface area contributed by atoms with Gasteiger partial charge in [0.25, 0.3) is 11.8 Å². The minimum Gasteiger partial charge on any atom is -0.507 e. The Hall–Kier alpha value is -8.99. The minimum atomic E-state index is -1.42. The molecule has 2 aliphatic carbocycles. The summed E-state index contributed by atoms with van der Waals surface area (Å²) in [5.74, 6) is -5.29. The summed E-state index contributed by atoms with van der Waals surface area (Å²) >= 11 is 13.8. The molecule has 0 aromatic heterocycles. The summed E-state index contributed by atoms with van der Waals surface area (Å²) in [5, 5.41) is 48.0. The summed E-state index contributed by atoms with van der Waals surface area (Å²) in [6.07, 6.45) is 0. The van der Waals surface area contributed by atoms with Crippen LogP contribution in [0.5, 0.6) is 5.75 Å². The average molecular weight is 1010 g/mol. The molecule has 0 atom stereocenters. The summed E-state index contributed by atoms with van der Waals surface area (Å²) in [7, 11) is 5.38. The van der Waals surface area contributed by atoms with E-state index < -0.39 is 40.7 Å². The van der Waals surface area contributed by atoms with Gasteiger partial charge in [-0.3, -0.25) is 19.4 Å². The monoisotopic (exact) mass is 1000 g/mol. The highest BCUT2D eigenvalue weighted by Crippen LogP contribution is 2.48.